The quantitative estimate of drug-likeness (QED) is 0.789. The van der Waals surface area contributed by atoms with Gasteiger partial charge in [-0.3, -0.25) is 4.79 Å². The Kier molecular flexibility index (Phi) is 6.75. The molecular weight excluding hydrogens is 362 g/mol. The van der Waals surface area contributed by atoms with E-state index in [1.165, 1.54) is 24.8 Å². The SMILES string of the molecule is O=C(NCCN1CCCCC1)c1cccc(N2CCN[C@@H](c3ccccc3)C2)n1. The van der Waals surface area contributed by atoms with E-state index in [0.717, 1.165) is 45.1 Å². The van der Waals surface area contributed by atoms with Gasteiger partial charge in [-0.05, 0) is 43.6 Å². The summed E-state index contributed by atoms with van der Waals surface area (Å²) < 4.78 is 0. The van der Waals surface area contributed by atoms with E-state index in [1.54, 1.807) is 6.07 Å². The van der Waals surface area contributed by atoms with Crippen LogP contribution in [0.3, 0.4) is 0 Å². The van der Waals surface area contributed by atoms with Gasteiger partial charge in [0.05, 0.1) is 0 Å². The van der Waals surface area contributed by atoms with Crippen LogP contribution in [0.1, 0.15) is 41.4 Å². The summed E-state index contributed by atoms with van der Waals surface area (Å²) in [6, 6.07) is 16.5. The molecule has 2 aliphatic rings. The molecule has 6 heteroatoms. The van der Waals surface area contributed by atoms with Crippen molar-refractivity contribution in [2.45, 2.75) is 25.3 Å². The van der Waals surface area contributed by atoms with Gasteiger partial charge >= 0.3 is 0 Å². The lowest BCUT2D eigenvalue weighted by Crippen LogP contribution is -2.46. The van der Waals surface area contributed by atoms with Crippen LogP contribution in [0.5, 0.6) is 0 Å². The van der Waals surface area contributed by atoms with Gasteiger partial charge in [-0.1, -0.05) is 42.8 Å². The minimum Gasteiger partial charge on any atom is -0.353 e. The average Bonchev–Trinajstić information content (AvgIpc) is 2.80. The summed E-state index contributed by atoms with van der Waals surface area (Å²) in [6.07, 6.45) is 3.87. The zero-order valence-electron chi connectivity index (χ0n) is 17.0. The average molecular weight is 394 g/mol. The molecule has 0 radical (unpaired) electrons. The predicted molar refractivity (Wildman–Crippen MR) is 116 cm³/mol. The minimum absolute atomic E-state index is 0.0846. The van der Waals surface area contributed by atoms with Gasteiger partial charge in [0.25, 0.3) is 5.91 Å². The first kappa shape index (κ1) is 19.9. The van der Waals surface area contributed by atoms with Crippen molar-refractivity contribution in [3.8, 4) is 0 Å². The van der Waals surface area contributed by atoms with Gasteiger partial charge in [-0.2, -0.15) is 0 Å². The second-order valence-corrected chi connectivity index (χ2v) is 7.90. The number of hydrogen-bond donors (Lipinski definition) is 2. The van der Waals surface area contributed by atoms with Crippen LogP contribution in [0, 0.1) is 0 Å². The van der Waals surface area contributed by atoms with Crippen molar-refractivity contribution in [1.29, 1.82) is 0 Å². The van der Waals surface area contributed by atoms with E-state index >= 15 is 0 Å². The number of piperidine rings is 1. The van der Waals surface area contributed by atoms with Gasteiger partial charge in [0.2, 0.25) is 0 Å². The van der Waals surface area contributed by atoms with Gasteiger partial charge < -0.3 is 20.4 Å². The summed E-state index contributed by atoms with van der Waals surface area (Å²) in [7, 11) is 0. The van der Waals surface area contributed by atoms with Crippen molar-refractivity contribution in [3.05, 3.63) is 59.8 Å². The maximum absolute atomic E-state index is 12.6. The number of rotatable bonds is 6. The molecule has 6 nitrogen and oxygen atoms in total. The Labute approximate surface area is 173 Å². The van der Waals surface area contributed by atoms with Gasteiger partial charge in [-0.15, -0.1) is 0 Å². The standard InChI is InChI=1S/C23H31N5O/c29-23(25-12-16-27-14-5-2-6-15-27)20-10-7-11-22(26-20)28-17-13-24-21(18-28)19-8-3-1-4-9-19/h1,3-4,7-11,21,24H,2,5-6,12-18H2,(H,25,29)/t21-/m1/s1. The van der Waals surface area contributed by atoms with E-state index in [-0.39, 0.29) is 11.9 Å². The van der Waals surface area contributed by atoms with Crippen LogP contribution < -0.4 is 15.5 Å². The molecule has 0 unspecified atom stereocenters. The van der Waals surface area contributed by atoms with E-state index < -0.39 is 0 Å². The number of carbonyl (C=O) groups excluding carboxylic acids is 1. The zero-order chi connectivity index (χ0) is 19.9. The number of amides is 1. The number of anilines is 1. The van der Waals surface area contributed by atoms with Gasteiger partial charge in [0.1, 0.15) is 11.5 Å². The molecule has 0 aliphatic carbocycles. The number of benzene rings is 1. The van der Waals surface area contributed by atoms with Crippen LogP contribution >= 0.6 is 0 Å². The monoisotopic (exact) mass is 393 g/mol. The lowest BCUT2D eigenvalue weighted by atomic mass is 10.0. The minimum atomic E-state index is -0.0846. The van der Waals surface area contributed by atoms with Crippen LogP contribution in [-0.4, -0.2) is 61.6 Å². The van der Waals surface area contributed by atoms with Crippen molar-refractivity contribution in [2.75, 3.05) is 50.7 Å². The third kappa shape index (κ3) is 5.34. The first-order chi connectivity index (χ1) is 14.3. The molecule has 2 N–H and O–H groups in total. The number of nitrogens with one attached hydrogen (secondary N) is 2. The number of piperazine rings is 1. The van der Waals surface area contributed by atoms with Crippen molar-refractivity contribution in [2.24, 2.45) is 0 Å². The van der Waals surface area contributed by atoms with Crippen LogP contribution in [0.25, 0.3) is 0 Å². The Balaban J connectivity index is 1.34. The van der Waals surface area contributed by atoms with Gasteiger partial charge in [-0.25, -0.2) is 4.98 Å². The lowest BCUT2D eigenvalue weighted by molar-refractivity contribution is 0.0941. The number of pyridine rings is 1. The highest BCUT2D eigenvalue weighted by molar-refractivity contribution is 5.92. The fourth-order valence-electron chi connectivity index (χ4n) is 4.19. The van der Waals surface area contributed by atoms with E-state index in [0.29, 0.717) is 12.2 Å². The highest BCUT2D eigenvalue weighted by Crippen LogP contribution is 2.21. The number of aromatic nitrogens is 1. The molecule has 154 valence electrons. The lowest BCUT2D eigenvalue weighted by Gasteiger charge is -2.35. The molecule has 1 aromatic heterocycles. The van der Waals surface area contributed by atoms with E-state index in [2.05, 4.69) is 49.7 Å². The fourth-order valence-corrected chi connectivity index (χ4v) is 4.19. The van der Waals surface area contributed by atoms with E-state index in [4.69, 9.17) is 0 Å². The van der Waals surface area contributed by atoms with Crippen molar-refractivity contribution in [1.82, 2.24) is 20.5 Å². The van der Waals surface area contributed by atoms with Crippen molar-refractivity contribution < 1.29 is 4.79 Å². The van der Waals surface area contributed by atoms with Gasteiger partial charge in [0.15, 0.2) is 0 Å². The molecule has 3 heterocycles. The number of nitrogens with zero attached hydrogens (tertiary/aromatic N) is 3. The van der Waals surface area contributed by atoms with Crippen LogP contribution in [0.4, 0.5) is 5.82 Å². The molecule has 2 saturated heterocycles. The molecule has 1 aromatic carbocycles. The highest BCUT2D eigenvalue weighted by atomic mass is 16.1. The topological polar surface area (TPSA) is 60.5 Å². The Morgan fingerprint density at radius 2 is 1.86 bits per heavy atom. The number of hydrogen-bond acceptors (Lipinski definition) is 5. The predicted octanol–water partition coefficient (Wildman–Crippen LogP) is 2.45. The van der Waals surface area contributed by atoms with Crippen LogP contribution in [-0.2, 0) is 0 Å². The third-order valence-electron chi connectivity index (χ3n) is 5.83. The van der Waals surface area contributed by atoms with Crippen molar-refractivity contribution >= 4 is 11.7 Å². The molecule has 0 spiro atoms. The summed E-state index contributed by atoms with van der Waals surface area (Å²) >= 11 is 0. The molecular formula is C23H31N5O. The number of likely N-dealkylation sites (tertiary alicyclic amines) is 1. The summed E-state index contributed by atoms with van der Waals surface area (Å²) in [5, 5.41) is 6.62. The fraction of sp³-hybridized carbons (Fsp3) is 0.478. The maximum atomic E-state index is 12.6. The van der Waals surface area contributed by atoms with Crippen LogP contribution in [0.15, 0.2) is 48.5 Å². The maximum Gasteiger partial charge on any atom is 0.270 e. The number of carbonyl (C=O) groups is 1. The molecule has 2 fully saturated rings. The molecule has 2 aromatic rings. The van der Waals surface area contributed by atoms with Crippen molar-refractivity contribution in [3.63, 3.8) is 0 Å². The Bertz CT molecular complexity index is 791. The highest BCUT2D eigenvalue weighted by Gasteiger charge is 2.22. The normalized spacial score (nSPS) is 20.4. The molecule has 1 amide bonds. The smallest absolute Gasteiger partial charge is 0.270 e. The zero-order valence-corrected chi connectivity index (χ0v) is 17.0. The molecule has 0 saturated carbocycles. The van der Waals surface area contributed by atoms with Gasteiger partial charge in [0, 0.05) is 38.8 Å². The van der Waals surface area contributed by atoms with E-state index in [9.17, 15) is 4.79 Å². The summed E-state index contributed by atoms with van der Waals surface area (Å²) in [5.74, 6) is 0.787. The summed E-state index contributed by atoms with van der Waals surface area (Å²) in [4.78, 5) is 21.9. The first-order valence-electron chi connectivity index (χ1n) is 10.8. The summed E-state index contributed by atoms with van der Waals surface area (Å²) in [6.45, 7) is 6.52. The first-order valence-corrected chi connectivity index (χ1v) is 10.8. The molecule has 4 rings (SSSR count). The van der Waals surface area contributed by atoms with Crippen LogP contribution in [0.2, 0.25) is 0 Å². The second kappa shape index (κ2) is 9.85. The van der Waals surface area contributed by atoms with E-state index in [1.807, 2.05) is 18.2 Å². The molecule has 29 heavy (non-hydrogen) atoms. The second-order valence-electron chi connectivity index (χ2n) is 7.90. The third-order valence-corrected chi connectivity index (χ3v) is 5.83. The Hall–Kier alpha value is -2.44. The largest absolute Gasteiger partial charge is 0.353 e. The molecule has 1 atom stereocenters. The Morgan fingerprint density at radius 1 is 1.03 bits per heavy atom. The summed E-state index contributed by atoms with van der Waals surface area (Å²) in [5.41, 5.74) is 1.78. The Morgan fingerprint density at radius 3 is 2.69 bits per heavy atom. The molecule has 2 aliphatic heterocycles. The molecule has 0 bridgehead atoms.